The molecule has 1 fully saturated rings. The molecule has 0 N–H and O–H groups in total. The summed E-state index contributed by atoms with van der Waals surface area (Å²) < 4.78 is 49.3. The first-order chi connectivity index (χ1) is 13.5. The van der Waals surface area contributed by atoms with Crippen molar-refractivity contribution in [3.63, 3.8) is 0 Å². The Bertz CT molecular complexity index is 784. The van der Waals surface area contributed by atoms with Crippen LogP contribution >= 0.6 is 0 Å². The highest BCUT2D eigenvalue weighted by Gasteiger charge is 2.30. The fraction of sp³-hybridized carbons (Fsp3) is 0.381. The summed E-state index contributed by atoms with van der Waals surface area (Å²) in [6.45, 7) is 4.63. The quantitative estimate of drug-likeness (QED) is 0.520. The highest BCUT2D eigenvalue weighted by molar-refractivity contribution is 5.81. The number of rotatable bonds is 7. The predicted molar refractivity (Wildman–Crippen MR) is 99.6 cm³/mol. The van der Waals surface area contributed by atoms with E-state index in [1.807, 2.05) is 0 Å². The van der Waals surface area contributed by atoms with Crippen LogP contribution in [0.5, 0.6) is 5.75 Å². The third kappa shape index (κ3) is 5.33. The molecule has 1 aliphatic rings. The van der Waals surface area contributed by atoms with Gasteiger partial charge in [-0.05, 0) is 41.8 Å². The van der Waals surface area contributed by atoms with Crippen LogP contribution in [-0.4, -0.2) is 50.6 Å². The molecule has 0 amide bonds. The molecule has 0 radical (unpaired) electrons. The molecular weight excluding hydrogens is 371 g/mol. The van der Waals surface area contributed by atoms with E-state index in [9.17, 15) is 18.0 Å². The van der Waals surface area contributed by atoms with Crippen molar-refractivity contribution in [3.8, 4) is 16.9 Å². The maximum absolute atomic E-state index is 12.7. The van der Waals surface area contributed by atoms with Crippen LogP contribution in [0.4, 0.5) is 13.2 Å². The average molecular weight is 393 g/mol. The topological polar surface area (TPSA) is 38.8 Å². The molecule has 7 heteroatoms. The minimum Gasteiger partial charge on any atom is -0.493 e. The van der Waals surface area contributed by atoms with Crippen molar-refractivity contribution < 1.29 is 27.4 Å². The molecule has 2 aromatic carbocycles. The number of halogens is 3. The lowest BCUT2D eigenvalue weighted by Crippen LogP contribution is -2.37. The molecule has 1 heterocycles. The number of hydrogen-bond donors (Lipinski definition) is 0. The summed E-state index contributed by atoms with van der Waals surface area (Å²) in [4.78, 5) is 13.6. The van der Waals surface area contributed by atoms with Gasteiger partial charge in [0.05, 0.1) is 30.9 Å². The summed E-state index contributed by atoms with van der Waals surface area (Å²) in [6.07, 6.45) is -2.84. The lowest BCUT2D eigenvalue weighted by Gasteiger charge is -2.26. The van der Waals surface area contributed by atoms with Gasteiger partial charge in [-0.3, -0.25) is 9.69 Å². The molecule has 0 bridgehead atoms. The average Bonchev–Trinajstić information content (AvgIpc) is 2.71. The molecule has 0 unspecified atom stereocenters. The minimum absolute atomic E-state index is 0.419. The van der Waals surface area contributed by atoms with Gasteiger partial charge in [-0.1, -0.05) is 18.2 Å². The van der Waals surface area contributed by atoms with E-state index < -0.39 is 11.7 Å². The summed E-state index contributed by atoms with van der Waals surface area (Å²) in [7, 11) is 0. The van der Waals surface area contributed by atoms with Crippen molar-refractivity contribution in [2.45, 2.75) is 12.6 Å². The predicted octanol–water partition coefficient (Wildman–Crippen LogP) is 4.29. The van der Waals surface area contributed by atoms with Gasteiger partial charge in [0.25, 0.3) is 0 Å². The van der Waals surface area contributed by atoms with Crippen LogP contribution in [0.25, 0.3) is 11.1 Å². The van der Waals surface area contributed by atoms with Gasteiger partial charge in [-0.15, -0.1) is 0 Å². The zero-order valence-electron chi connectivity index (χ0n) is 15.4. The minimum atomic E-state index is -4.37. The number of ether oxygens (including phenoxy) is 2. The number of alkyl halides is 3. The standard InChI is InChI=1S/C21H22F3NO3/c22-21(23,24)19-6-4-16(5-7-19)17-2-3-18(15-26)20(14-17)28-11-1-8-25-9-12-27-13-10-25/h2-7,14-15H,1,8-13H2. The molecule has 2 aromatic rings. The van der Waals surface area contributed by atoms with Gasteiger partial charge in [0.1, 0.15) is 5.75 Å². The van der Waals surface area contributed by atoms with E-state index in [0.29, 0.717) is 35.3 Å². The molecule has 0 aromatic heterocycles. The molecule has 3 rings (SSSR count). The maximum atomic E-state index is 12.7. The molecule has 0 atom stereocenters. The van der Waals surface area contributed by atoms with Crippen LogP contribution in [0.3, 0.4) is 0 Å². The number of morpholine rings is 1. The molecule has 1 aliphatic heterocycles. The van der Waals surface area contributed by atoms with Crippen LogP contribution in [0, 0.1) is 0 Å². The monoisotopic (exact) mass is 393 g/mol. The third-order valence-corrected chi connectivity index (χ3v) is 4.67. The number of carbonyl (C=O) groups is 1. The Morgan fingerprint density at radius 3 is 2.36 bits per heavy atom. The van der Waals surface area contributed by atoms with E-state index in [1.165, 1.54) is 12.1 Å². The Hall–Kier alpha value is -2.38. The second kappa shape index (κ2) is 9.21. The Balaban J connectivity index is 1.65. The Morgan fingerprint density at radius 2 is 1.71 bits per heavy atom. The van der Waals surface area contributed by atoms with E-state index in [1.54, 1.807) is 18.2 Å². The van der Waals surface area contributed by atoms with E-state index >= 15 is 0 Å². The molecule has 0 spiro atoms. The van der Waals surface area contributed by atoms with E-state index in [4.69, 9.17) is 9.47 Å². The van der Waals surface area contributed by atoms with Crippen molar-refractivity contribution in [1.29, 1.82) is 0 Å². The highest BCUT2D eigenvalue weighted by atomic mass is 19.4. The van der Waals surface area contributed by atoms with Crippen molar-refractivity contribution in [3.05, 3.63) is 53.6 Å². The summed E-state index contributed by atoms with van der Waals surface area (Å²) in [5, 5.41) is 0. The lowest BCUT2D eigenvalue weighted by atomic mass is 10.0. The molecule has 0 aliphatic carbocycles. The fourth-order valence-electron chi connectivity index (χ4n) is 3.08. The Kier molecular flexibility index (Phi) is 6.70. The SMILES string of the molecule is O=Cc1ccc(-c2ccc(C(F)(F)F)cc2)cc1OCCCN1CCOCC1. The van der Waals surface area contributed by atoms with Crippen molar-refractivity contribution in [2.24, 2.45) is 0 Å². The van der Waals surface area contributed by atoms with Crippen molar-refractivity contribution in [1.82, 2.24) is 4.90 Å². The normalized spacial score (nSPS) is 15.4. The molecule has 1 saturated heterocycles. The van der Waals surface area contributed by atoms with Gasteiger partial charge in [0.2, 0.25) is 0 Å². The van der Waals surface area contributed by atoms with Crippen LogP contribution in [0.1, 0.15) is 22.3 Å². The van der Waals surface area contributed by atoms with E-state index in [0.717, 1.165) is 51.4 Å². The summed E-state index contributed by atoms with van der Waals surface area (Å²) >= 11 is 0. The number of aldehydes is 1. The van der Waals surface area contributed by atoms with E-state index in [-0.39, 0.29) is 0 Å². The van der Waals surface area contributed by atoms with Gasteiger partial charge < -0.3 is 9.47 Å². The smallest absolute Gasteiger partial charge is 0.416 e. The van der Waals surface area contributed by atoms with Gasteiger partial charge in [-0.2, -0.15) is 13.2 Å². The molecular formula is C21H22F3NO3. The zero-order valence-corrected chi connectivity index (χ0v) is 15.4. The Labute approximate surface area is 161 Å². The zero-order chi connectivity index (χ0) is 20.0. The maximum Gasteiger partial charge on any atom is 0.416 e. The largest absolute Gasteiger partial charge is 0.493 e. The first kappa shape index (κ1) is 20.4. The summed E-state index contributed by atoms with van der Waals surface area (Å²) in [5.74, 6) is 0.439. The molecule has 0 saturated carbocycles. The number of carbonyl (C=O) groups excluding carboxylic acids is 1. The number of benzene rings is 2. The van der Waals surface area contributed by atoms with Crippen LogP contribution in [0.2, 0.25) is 0 Å². The van der Waals surface area contributed by atoms with Gasteiger partial charge in [0, 0.05) is 19.6 Å². The van der Waals surface area contributed by atoms with Gasteiger partial charge >= 0.3 is 6.18 Å². The molecule has 4 nitrogen and oxygen atoms in total. The first-order valence-corrected chi connectivity index (χ1v) is 9.17. The van der Waals surface area contributed by atoms with Crippen molar-refractivity contribution in [2.75, 3.05) is 39.5 Å². The van der Waals surface area contributed by atoms with Crippen LogP contribution in [-0.2, 0) is 10.9 Å². The lowest BCUT2D eigenvalue weighted by molar-refractivity contribution is -0.137. The second-order valence-corrected chi connectivity index (χ2v) is 6.60. The Morgan fingerprint density at radius 1 is 1.04 bits per heavy atom. The summed E-state index contributed by atoms with van der Waals surface area (Å²) in [6, 6.07) is 9.95. The number of hydrogen-bond acceptors (Lipinski definition) is 4. The second-order valence-electron chi connectivity index (χ2n) is 6.60. The molecule has 28 heavy (non-hydrogen) atoms. The van der Waals surface area contributed by atoms with Crippen LogP contribution in [0.15, 0.2) is 42.5 Å². The highest BCUT2D eigenvalue weighted by Crippen LogP contribution is 2.32. The first-order valence-electron chi connectivity index (χ1n) is 9.17. The van der Waals surface area contributed by atoms with E-state index in [2.05, 4.69) is 4.90 Å². The van der Waals surface area contributed by atoms with Crippen LogP contribution < -0.4 is 4.74 Å². The van der Waals surface area contributed by atoms with Crippen molar-refractivity contribution >= 4 is 6.29 Å². The third-order valence-electron chi connectivity index (χ3n) is 4.67. The summed E-state index contributed by atoms with van der Waals surface area (Å²) in [5.41, 5.74) is 1.05. The molecule has 150 valence electrons. The fourth-order valence-corrected chi connectivity index (χ4v) is 3.08. The van der Waals surface area contributed by atoms with Gasteiger partial charge in [0.15, 0.2) is 6.29 Å². The van der Waals surface area contributed by atoms with Gasteiger partial charge in [-0.25, -0.2) is 0 Å². The number of nitrogens with zero attached hydrogens (tertiary/aromatic N) is 1.